The summed E-state index contributed by atoms with van der Waals surface area (Å²) in [6, 6.07) is 11.8. The van der Waals surface area contributed by atoms with Crippen molar-refractivity contribution in [1.29, 1.82) is 0 Å². The Labute approximate surface area is 109 Å². The Morgan fingerprint density at radius 2 is 1.82 bits per heavy atom. The summed E-state index contributed by atoms with van der Waals surface area (Å²) in [5.41, 5.74) is 2.15. The van der Waals surface area contributed by atoms with Crippen molar-refractivity contribution < 1.29 is 10.2 Å². The first-order valence-electron chi connectivity index (χ1n) is 5.28. The second kappa shape index (κ2) is 5.65. The van der Waals surface area contributed by atoms with Gasteiger partial charge in [-0.05, 0) is 22.6 Å². The van der Waals surface area contributed by atoms with Gasteiger partial charge in [-0.1, -0.05) is 30.3 Å². The summed E-state index contributed by atoms with van der Waals surface area (Å²) < 4.78 is 0. The van der Waals surface area contributed by atoms with Crippen molar-refractivity contribution in [3.8, 4) is 11.1 Å². The van der Waals surface area contributed by atoms with Crippen LogP contribution in [-0.4, -0.2) is 22.2 Å². The third-order valence-corrected chi connectivity index (χ3v) is 3.86. The molecule has 1 aromatic carbocycles. The standard InChI is InChI=1S/C13H13ClO2S/c14-7-11(15)13(16)12-6-10(8-17-12)9-4-2-1-3-5-9/h1-6,8,11,13,15-16H,7H2. The van der Waals surface area contributed by atoms with Gasteiger partial charge in [0.2, 0.25) is 0 Å². The lowest BCUT2D eigenvalue weighted by Gasteiger charge is -2.12. The smallest absolute Gasteiger partial charge is 0.115 e. The quantitative estimate of drug-likeness (QED) is 0.837. The maximum atomic E-state index is 9.83. The van der Waals surface area contributed by atoms with Crippen molar-refractivity contribution in [2.45, 2.75) is 12.2 Å². The van der Waals surface area contributed by atoms with Crippen molar-refractivity contribution in [3.05, 3.63) is 46.7 Å². The van der Waals surface area contributed by atoms with Crippen LogP contribution in [0.3, 0.4) is 0 Å². The largest absolute Gasteiger partial charge is 0.389 e. The number of benzene rings is 1. The molecule has 2 nitrogen and oxygen atoms in total. The van der Waals surface area contributed by atoms with E-state index in [0.717, 1.165) is 16.0 Å². The molecule has 2 rings (SSSR count). The van der Waals surface area contributed by atoms with E-state index < -0.39 is 12.2 Å². The monoisotopic (exact) mass is 268 g/mol. The van der Waals surface area contributed by atoms with Gasteiger partial charge >= 0.3 is 0 Å². The van der Waals surface area contributed by atoms with Crippen LogP contribution in [0.25, 0.3) is 11.1 Å². The zero-order valence-corrected chi connectivity index (χ0v) is 10.7. The van der Waals surface area contributed by atoms with Crippen LogP contribution in [-0.2, 0) is 0 Å². The summed E-state index contributed by atoms with van der Waals surface area (Å²) in [5, 5.41) is 21.3. The summed E-state index contributed by atoms with van der Waals surface area (Å²) in [5.74, 6) is 0.0275. The summed E-state index contributed by atoms with van der Waals surface area (Å²) >= 11 is 6.94. The van der Waals surface area contributed by atoms with E-state index in [9.17, 15) is 10.2 Å². The van der Waals surface area contributed by atoms with E-state index in [0.29, 0.717) is 0 Å². The van der Waals surface area contributed by atoms with E-state index in [1.165, 1.54) is 11.3 Å². The van der Waals surface area contributed by atoms with Gasteiger partial charge in [0.15, 0.2) is 0 Å². The van der Waals surface area contributed by atoms with E-state index in [-0.39, 0.29) is 5.88 Å². The zero-order chi connectivity index (χ0) is 12.3. The normalized spacial score (nSPS) is 14.5. The average molecular weight is 269 g/mol. The maximum absolute atomic E-state index is 9.83. The second-order valence-electron chi connectivity index (χ2n) is 3.77. The van der Waals surface area contributed by atoms with Crippen molar-refractivity contribution in [3.63, 3.8) is 0 Å². The summed E-state index contributed by atoms with van der Waals surface area (Å²) in [7, 11) is 0. The van der Waals surface area contributed by atoms with Gasteiger partial charge in [0, 0.05) is 4.88 Å². The number of halogens is 1. The van der Waals surface area contributed by atoms with Crippen LogP contribution in [0.5, 0.6) is 0 Å². The van der Waals surface area contributed by atoms with Crippen LogP contribution in [0.2, 0.25) is 0 Å². The topological polar surface area (TPSA) is 40.5 Å². The molecule has 0 bridgehead atoms. The number of hydrogen-bond acceptors (Lipinski definition) is 3. The molecule has 2 aromatic rings. The molecule has 2 unspecified atom stereocenters. The van der Waals surface area contributed by atoms with Gasteiger partial charge in [-0.15, -0.1) is 22.9 Å². The van der Waals surface area contributed by atoms with Crippen LogP contribution in [0, 0.1) is 0 Å². The van der Waals surface area contributed by atoms with E-state index in [2.05, 4.69) is 0 Å². The molecule has 0 aliphatic rings. The fourth-order valence-electron chi connectivity index (χ4n) is 1.56. The number of thiophene rings is 1. The highest BCUT2D eigenvalue weighted by Gasteiger charge is 2.19. The van der Waals surface area contributed by atoms with Crippen molar-refractivity contribution in [2.24, 2.45) is 0 Å². The maximum Gasteiger partial charge on any atom is 0.115 e. The average Bonchev–Trinajstić information content (AvgIpc) is 2.87. The predicted octanol–water partition coefficient (Wildman–Crippen LogP) is 3.05. The molecular formula is C13H13ClO2S. The zero-order valence-electron chi connectivity index (χ0n) is 9.08. The highest BCUT2D eigenvalue weighted by atomic mass is 35.5. The van der Waals surface area contributed by atoms with Crippen molar-refractivity contribution >= 4 is 22.9 Å². The lowest BCUT2D eigenvalue weighted by atomic mass is 10.1. The first-order valence-corrected chi connectivity index (χ1v) is 6.69. The van der Waals surface area contributed by atoms with Gasteiger partial charge in [0.05, 0.1) is 12.0 Å². The Bertz CT molecular complexity index is 469. The van der Waals surface area contributed by atoms with Crippen LogP contribution in [0.4, 0.5) is 0 Å². The first kappa shape index (κ1) is 12.6. The Morgan fingerprint density at radius 3 is 2.47 bits per heavy atom. The highest BCUT2D eigenvalue weighted by Crippen LogP contribution is 2.30. The molecule has 0 aliphatic carbocycles. The second-order valence-corrected chi connectivity index (χ2v) is 5.02. The Morgan fingerprint density at radius 1 is 1.12 bits per heavy atom. The minimum Gasteiger partial charge on any atom is -0.389 e. The number of alkyl halides is 1. The highest BCUT2D eigenvalue weighted by molar-refractivity contribution is 7.10. The number of hydrogen-bond donors (Lipinski definition) is 2. The third kappa shape index (κ3) is 2.87. The van der Waals surface area contributed by atoms with Crippen LogP contribution in [0.15, 0.2) is 41.8 Å². The van der Waals surface area contributed by atoms with Crippen LogP contribution < -0.4 is 0 Å². The lowest BCUT2D eigenvalue weighted by Crippen LogP contribution is -2.18. The van der Waals surface area contributed by atoms with E-state index >= 15 is 0 Å². The fraction of sp³-hybridized carbons (Fsp3) is 0.231. The molecule has 2 atom stereocenters. The third-order valence-electron chi connectivity index (χ3n) is 2.54. The predicted molar refractivity (Wildman–Crippen MR) is 71.4 cm³/mol. The SMILES string of the molecule is OC(CCl)C(O)c1cc(-c2ccccc2)cs1. The molecule has 90 valence electrons. The minimum absolute atomic E-state index is 0.0275. The van der Waals surface area contributed by atoms with Gasteiger partial charge in [-0.2, -0.15) is 0 Å². The Hall–Kier alpha value is -0.870. The molecule has 0 aliphatic heterocycles. The van der Waals surface area contributed by atoms with E-state index in [1.54, 1.807) is 0 Å². The lowest BCUT2D eigenvalue weighted by molar-refractivity contribution is 0.0350. The van der Waals surface area contributed by atoms with Gasteiger partial charge in [0.25, 0.3) is 0 Å². The van der Waals surface area contributed by atoms with E-state index in [1.807, 2.05) is 41.8 Å². The molecular weight excluding hydrogens is 256 g/mol. The van der Waals surface area contributed by atoms with Gasteiger partial charge in [-0.3, -0.25) is 0 Å². The summed E-state index contributed by atoms with van der Waals surface area (Å²) in [6.07, 6.45) is -1.83. The first-order chi connectivity index (χ1) is 8.22. The minimum atomic E-state index is -0.918. The van der Waals surface area contributed by atoms with Gasteiger partial charge in [0.1, 0.15) is 6.10 Å². The molecule has 4 heteroatoms. The summed E-state index contributed by atoms with van der Waals surface area (Å²) in [4.78, 5) is 0.733. The molecule has 0 saturated heterocycles. The van der Waals surface area contributed by atoms with Crippen LogP contribution in [0.1, 0.15) is 11.0 Å². The van der Waals surface area contributed by atoms with Crippen molar-refractivity contribution in [2.75, 3.05) is 5.88 Å². The molecule has 17 heavy (non-hydrogen) atoms. The Balaban J connectivity index is 2.22. The summed E-state index contributed by atoms with van der Waals surface area (Å²) in [6.45, 7) is 0. The Kier molecular flexibility index (Phi) is 4.18. The van der Waals surface area contributed by atoms with Gasteiger partial charge < -0.3 is 10.2 Å². The number of aliphatic hydroxyl groups excluding tert-OH is 2. The molecule has 0 amide bonds. The van der Waals surface area contributed by atoms with Crippen molar-refractivity contribution in [1.82, 2.24) is 0 Å². The molecule has 0 spiro atoms. The molecule has 1 aromatic heterocycles. The molecule has 0 saturated carbocycles. The van der Waals surface area contributed by atoms with Gasteiger partial charge in [-0.25, -0.2) is 0 Å². The fourth-order valence-corrected chi connectivity index (χ4v) is 2.69. The number of rotatable bonds is 4. The number of aliphatic hydroxyl groups is 2. The van der Waals surface area contributed by atoms with Crippen LogP contribution >= 0.6 is 22.9 Å². The van der Waals surface area contributed by atoms with E-state index in [4.69, 9.17) is 11.6 Å². The molecule has 2 N–H and O–H groups in total. The molecule has 1 heterocycles. The molecule has 0 radical (unpaired) electrons. The molecule has 0 fully saturated rings.